The Morgan fingerprint density at radius 1 is 1.53 bits per heavy atom. The molecule has 0 radical (unpaired) electrons. The third kappa shape index (κ3) is 2.82. The highest BCUT2D eigenvalue weighted by atomic mass is 16.3. The largest absolute Gasteiger partial charge is 0.394 e. The number of aromatic amines is 1. The van der Waals surface area contributed by atoms with Crippen molar-refractivity contribution in [3.63, 3.8) is 0 Å². The van der Waals surface area contributed by atoms with Crippen LogP contribution in [0.4, 0.5) is 11.8 Å². The van der Waals surface area contributed by atoms with E-state index in [0.717, 1.165) is 12.8 Å². The number of hydrogen-bond acceptors (Lipinski definition) is 6. The second-order valence-electron chi connectivity index (χ2n) is 4.31. The summed E-state index contributed by atoms with van der Waals surface area (Å²) in [6, 6.07) is 1.50. The maximum Gasteiger partial charge on any atom is 0.261 e. The molecule has 2 aromatic rings. The van der Waals surface area contributed by atoms with Gasteiger partial charge in [-0.3, -0.25) is 4.79 Å². The van der Waals surface area contributed by atoms with Gasteiger partial charge in [-0.05, 0) is 12.5 Å². The third-order valence-corrected chi connectivity index (χ3v) is 2.84. The number of aliphatic hydroxyl groups is 1. The molecule has 0 saturated heterocycles. The molecule has 0 saturated carbocycles. The van der Waals surface area contributed by atoms with Gasteiger partial charge in [0, 0.05) is 6.20 Å². The van der Waals surface area contributed by atoms with Crippen molar-refractivity contribution in [2.75, 3.05) is 17.7 Å². The average Bonchev–Trinajstić information content (AvgIpc) is 2.37. The molecule has 2 aromatic heterocycles. The summed E-state index contributed by atoms with van der Waals surface area (Å²) in [5.41, 5.74) is 5.82. The number of fused-ring (bicyclic) bond motifs is 1. The zero-order valence-corrected chi connectivity index (χ0v) is 10.7. The minimum absolute atomic E-state index is 0.0377. The van der Waals surface area contributed by atoms with E-state index in [-0.39, 0.29) is 24.2 Å². The van der Waals surface area contributed by atoms with Crippen molar-refractivity contribution in [3.8, 4) is 0 Å². The first-order valence-electron chi connectivity index (χ1n) is 6.18. The topological polar surface area (TPSA) is 117 Å². The number of rotatable bonds is 5. The van der Waals surface area contributed by atoms with Gasteiger partial charge in [0.15, 0.2) is 0 Å². The van der Waals surface area contributed by atoms with Crippen LogP contribution >= 0.6 is 0 Å². The molecule has 0 amide bonds. The molecular weight excluding hydrogens is 246 g/mol. The molecule has 102 valence electrons. The maximum absolute atomic E-state index is 11.9. The normalized spacial score (nSPS) is 12.5. The SMILES string of the molecule is CCC[C@@H](CO)Nc1nc(N)nc2cc[nH]c(=O)c12. The van der Waals surface area contributed by atoms with Crippen molar-refractivity contribution in [2.45, 2.75) is 25.8 Å². The number of nitrogens with two attached hydrogens (primary N) is 1. The predicted molar refractivity (Wildman–Crippen MR) is 74.0 cm³/mol. The van der Waals surface area contributed by atoms with Crippen molar-refractivity contribution in [1.29, 1.82) is 0 Å². The molecule has 0 aliphatic carbocycles. The molecule has 0 aromatic carbocycles. The molecule has 2 heterocycles. The molecule has 0 aliphatic rings. The van der Waals surface area contributed by atoms with Crippen molar-refractivity contribution in [2.24, 2.45) is 0 Å². The lowest BCUT2D eigenvalue weighted by Crippen LogP contribution is -2.25. The molecule has 5 N–H and O–H groups in total. The van der Waals surface area contributed by atoms with Gasteiger partial charge in [0.25, 0.3) is 5.56 Å². The molecular formula is C12H17N5O2. The lowest BCUT2D eigenvalue weighted by Gasteiger charge is -2.17. The molecule has 2 rings (SSSR count). The van der Waals surface area contributed by atoms with E-state index in [2.05, 4.69) is 20.3 Å². The fourth-order valence-electron chi connectivity index (χ4n) is 1.96. The summed E-state index contributed by atoms with van der Waals surface area (Å²) in [6.45, 7) is 1.98. The summed E-state index contributed by atoms with van der Waals surface area (Å²) in [6.07, 6.45) is 3.19. The molecule has 0 spiro atoms. The van der Waals surface area contributed by atoms with Gasteiger partial charge < -0.3 is 21.1 Å². The Kier molecular flexibility index (Phi) is 3.96. The van der Waals surface area contributed by atoms with Crippen molar-refractivity contribution in [1.82, 2.24) is 15.0 Å². The molecule has 0 aliphatic heterocycles. The number of pyridine rings is 1. The first-order chi connectivity index (χ1) is 9.15. The Bertz CT molecular complexity index is 625. The molecule has 1 atom stereocenters. The van der Waals surface area contributed by atoms with Gasteiger partial charge in [-0.15, -0.1) is 0 Å². The van der Waals surface area contributed by atoms with E-state index in [1.54, 1.807) is 6.07 Å². The number of anilines is 2. The Hall–Kier alpha value is -2.15. The highest BCUT2D eigenvalue weighted by molar-refractivity contribution is 5.88. The lowest BCUT2D eigenvalue weighted by atomic mass is 10.1. The summed E-state index contributed by atoms with van der Waals surface area (Å²) in [4.78, 5) is 22.5. The van der Waals surface area contributed by atoms with E-state index >= 15 is 0 Å². The van der Waals surface area contributed by atoms with Crippen LogP contribution < -0.4 is 16.6 Å². The number of hydrogen-bond donors (Lipinski definition) is 4. The summed E-state index contributed by atoms with van der Waals surface area (Å²) in [7, 11) is 0. The molecule has 7 nitrogen and oxygen atoms in total. The quantitative estimate of drug-likeness (QED) is 0.623. The van der Waals surface area contributed by atoms with Crippen LogP contribution in [0.2, 0.25) is 0 Å². The second kappa shape index (κ2) is 5.66. The predicted octanol–water partition coefficient (Wildman–Crippen LogP) is 0.473. The van der Waals surface area contributed by atoms with Crippen molar-refractivity contribution >= 4 is 22.7 Å². The maximum atomic E-state index is 11.9. The molecule has 19 heavy (non-hydrogen) atoms. The number of H-pyrrole nitrogens is 1. The van der Waals surface area contributed by atoms with Crippen LogP contribution in [-0.2, 0) is 0 Å². The van der Waals surface area contributed by atoms with Gasteiger partial charge in [-0.2, -0.15) is 4.98 Å². The van der Waals surface area contributed by atoms with Crippen LogP contribution in [0.1, 0.15) is 19.8 Å². The minimum Gasteiger partial charge on any atom is -0.394 e. The van der Waals surface area contributed by atoms with Gasteiger partial charge in [0.2, 0.25) is 5.95 Å². The van der Waals surface area contributed by atoms with Gasteiger partial charge in [0.1, 0.15) is 11.2 Å². The highest BCUT2D eigenvalue weighted by Gasteiger charge is 2.13. The van der Waals surface area contributed by atoms with Crippen LogP contribution in [0.5, 0.6) is 0 Å². The summed E-state index contributed by atoms with van der Waals surface area (Å²) in [5.74, 6) is 0.450. The van der Waals surface area contributed by atoms with E-state index < -0.39 is 0 Å². The number of nitrogens with zero attached hydrogens (tertiary/aromatic N) is 2. The van der Waals surface area contributed by atoms with Gasteiger partial charge in [-0.1, -0.05) is 13.3 Å². The van der Waals surface area contributed by atoms with Crippen LogP contribution in [0.25, 0.3) is 10.9 Å². The molecule has 0 fully saturated rings. The Balaban J connectivity index is 2.49. The van der Waals surface area contributed by atoms with Crippen LogP contribution in [-0.4, -0.2) is 32.7 Å². The van der Waals surface area contributed by atoms with Crippen LogP contribution in [0.3, 0.4) is 0 Å². The Morgan fingerprint density at radius 2 is 2.32 bits per heavy atom. The number of aromatic nitrogens is 3. The van der Waals surface area contributed by atoms with Gasteiger partial charge in [0.05, 0.1) is 18.2 Å². The smallest absolute Gasteiger partial charge is 0.261 e. The minimum atomic E-state index is -0.284. The zero-order chi connectivity index (χ0) is 13.8. The van der Waals surface area contributed by atoms with Gasteiger partial charge in [-0.25, -0.2) is 4.98 Å². The zero-order valence-electron chi connectivity index (χ0n) is 10.7. The van der Waals surface area contributed by atoms with E-state index in [9.17, 15) is 9.90 Å². The molecule has 0 unspecified atom stereocenters. The highest BCUT2D eigenvalue weighted by Crippen LogP contribution is 2.18. The third-order valence-electron chi connectivity index (χ3n) is 2.84. The molecule has 0 bridgehead atoms. The standard InChI is InChI=1S/C12H17N5O2/c1-2-3-7(6-18)15-10-9-8(16-12(13)17-10)4-5-14-11(9)19/h4-5,7,18H,2-3,6H2,1H3,(H,14,19)(H3,13,15,16,17)/t7-/m0/s1. The number of aliphatic hydroxyl groups excluding tert-OH is 1. The van der Waals surface area contributed by atoms with E-state index in [1.807, 2.05) is 6.92 Å². The fourth-order valence-corrected chi connectivity index (χ4v) is 1.96. The Morgan fingerprint density at radius 3 is 3.00 bits per heavy atom. The van der Waals surface area contributed by atoms with Crippen LogP contribution in [0.15, 0.2) is 17.1 Å². The van der Waals surface area contributed by atoms with Crippen LogP contribution in [0, 0.1) is 0 Å². The summed E-state index contributed by atoms with van der Waals surface area (Å²) < 4.78 is 0. The molecule has 7 heteroatoms. The summed E-state index contributed by atoms with van der Waals surface area (Å²) >= 11 is 0. The summed E-state index contributed by atoms with van der Waals surface area (Å²) in [5, 5.41) is 12.7. The Labute approximate surface area is 109 Å². The first-order valence-corrected chi connectivity index (χ1v) is 6.18. The van der Waals surface area contributed by atoms with Gasteiger partial charge >= 0.3 is 0 Å². The second-order valence-corrected chi connectivity index (χ2v) is 4.31. The number of nitrogens with one attached hydrogen (secondary N) is 2. The average molecular weight is 263 g/mol. The fraction of sp³-hybridized carbons (Fsp3) is 0.417. The van der Waals surface area contributed by atoms with E-state index in [0.29, 0.717) is 16.7 Å². The van der Waals surface area contributed by atoms with Crippen molar-refractivity contribution in [3.05, 3.63) is 22.6 Å². The van der Waals surface area contributed by atoms with E-state index in [1.165, 1.54) is 6.20 Å². The monoisotopic (exact) mass is 263 g/mol. The van der Waals surface area contributed by atoms with Crippen molar-refractivity contribution < 1.29 is 5.11 Å². The number of nitrogen functional groups attached to an aromatic ring is 1. The first kappa shape index (κ1) is 13.3. The lowest BCUT2D eigenvalue weighted by molar-refractivity contribution is 0.268. The van der Waals surface area contributed by atoms with E-state index in [4.69, 9.17) is 5.73 Å².